The Morgan fingerprint density at radius 3 is 2.80 bits per heavy atom. The van der Waals surface area contributed by atoms with Crippen LogP contribution in [0.5, 0.6) is 5.88 Å². The van der Waals surface area contributed by atoms with E-state index in [1.54, 1.807) is 13.3 Å². The molecule has 0 atom stereocenters. The molecule has 0 saturated carbocycles. The molecule has 1 aromatic rings. The molecular formula is C6H7BrN2O. The highest BCUT2D eigenvalue weighted by Crippen LogP contribution is 2.12. The maximum absolute atomic E-state index is 4.86. The van der Waals surface area contributed by atoms with Crippen LogP contribution in [0.15, 0.2) is 10.8 Å². The van der Waals surface area contributed by atoms with Crippen molar-refractivity contribution >= 4 is 15.9 Å². The van der Waals surface area contributed by atoms with Crippen LogP contribution in [0.4, 0.5) is 0 Å². The Morgan fingerprint density at radius 2 is 2.30 bits per heavy atom. The summed E-state index contributed by atoms with van der Waals surface area (Å²) in [5, 5.41) is 0. The summed E-state index contributed by atoms with van der Waals surface area (Å²) in [6.07, 6.45) is 1.57. The molecular weight excluding hydrogens is 196 g/mol. The number of aromatic nitrogens is 2. The van der Waals surface area contributed by atoms with E-state index in [1.165, 1.54) is 0 Å². The smallest absolute Gasteiger partial charge is 0.232 e. The van der Waals surface area contributed by atoms with Crippen LogP contribution in [-0.4, -0.2) is 17.1 Å². The van der Waals surface area contributed by atoms with Crippen molar-refractivity contribution < 1.29 is 4.74 Å². The van der Waals surface area contributed by atoms with Crippen LogP contribution in [-0.2, 0) is 0 Å². The average Bonchev–Trinajstić information content (AvgIpc) is 1.95. The van der Waals surface area contributed by atoms with Gasteiger partial charge in [0.1, 0.15) is 4.60 Å². The quantitative estimate of drug-likeness (QED) is 0.694. The highest BCUT2D eigenvalue weighted by Gasteiger charge is 1.97. The summed E-state index contributed by atoms with van der Waals surface area (Å²) < 4.78 is 5.61. The van der Waals surface area contributed by atoms with Crippen molar-refractivity contribution in [2.75, 3.05) is 7.11 Å². The molecule has 0 amide bonds. The lowest BCUT2D eigenvalue weighted by Crippen LogP contribution is -1.92. The SMILES string of the molecule is COc1cnc(Br)c(C)n1. The van der Waals surface area contributed by atoms with Gasteiger partial charge in [-0.3, -0.25) is 0 Å². The van der Waals surface area contributed by atoms with E-state index in [2.05, 4.69) is 25.9 Å². The highest BCUT2D eigenvalue weighted by atomic mass is 79.9. The number of methoxy groups -OCH3 is 1. The van der Waals surface area contributed by atoms with Gasteiger partial charge in [0.15, 0.2) is 0 Å². The number of nitrogens with zero attached hydrogens (tertiary/aromatic N) is 2. The zero-order chi connectivity index (χ0) is 7.56. The van der Waals surface area contributed by atoms with Crippen molar-refractivity contribution in [2.24, 2.45) is 0 Å². The molecule has 4 heteroatoms. The lowest BCUT2D eigenvalue weighted by molar-refractivity contribution is 0.394. The molecule has 0 radical (unpaired) electrons. The topological polar surface area (TPSA) is 35.0 Å². The van der Waals surface area contributed by atoms with Gasteiger partial charge in [-0.25, -0.2) is 9.97 Å². The maximum Gasteiger partial charge on any atom is 0.232 e. The molecule has 0 spiro atoms. The Labute approximate surface area is 67.6 Å². The summed E-state index contributed by atoms with van der Waals surface area (Å²) in [7, 11) is 1.57. The third kappa shape index (κ3) is 1.44. The molecule has 1 rings (SSSR count). The van der Waals surface area contributed by atoms with Crippen LogP contribution in [0.25, 0.3) is 0 Å². The highest BCUT2D eigenvalue weighted by molar-refractivity contribution is 9.10. The third-order valence-electron chi connectivity index (χ3n) is 1.07. The maximum atomic E-state index is 4.86. The van der Waals surface area contributed by atoms with Crippen LogP contribution in [0.3, 0.4) is 0 Å². The summed E-state index contributed by atoms with van der Waals surface area (Å²) in [6.45, 7) is 1.86. The largest absolute Gasteiger partial charge is 0.480 e. The first-order valence-corrected chi connectivity index (χ1v) is 3.56. The van der Waals surface area contributed by atoms with E-state index in [1.807, 2.05) is 6.92 Å². The summed E-state index contributed by atoms with van der Waals surface area (Å²) in [6, 6.07) is 0. The van der Waals surface area contributed by atoms with Gasteiger partial charge in [0.2, 0.25) is 5.88 Å². The molecule has 1 aromatic heterocycles. The summed E-state index contributed by atoms with van der Waals surface area (Å²) in [5.74, 6) is 0.542. The summed E-state index contributed by atoms with van der Waals surface area (Å²) in [4.78, 5) is 8.04. The first-order chi connectivity index (χ1) is 4.74. The van der Waals surface area contributed by atoms with Gasteiger partial charge < -0.3 is 4.74 Å². The van der Waals surface area contributed by atoms with E-state index >= 15 is 0 Å². The van der Waals surface area contributed by atoms with E-state index in [9.17, 15) is 0 Å². The van der Waals surface area contributed by atoms with E-state index in [4.69, 9.17) is 4.74 Å². The van der Waals surface area contributed by atoms with E-state index in [0.29, 0.717) is 5.88 Å². The van der Waals surface area contributed by atoms with Crippen molar-refractivity contribution in [1.29, 1.82) is 0 Å². The number of halogens is 1. The molecule has 0 aliphatic rings. The fourth-order valence-corrected chi connectivity index (χ4v) is 0.735. The van der Waals surface area contributed by atoms with Crippen molar-refractivity contribution in [2.45, 2.75) is 6.92 Å². The summed E-state index contributed by atoms with van der Waals surface area (Å²) in [5.41, 5.74) is 0.833. The van der Waals surface area contributed by atoms with Crippen LogP contribution in [0, 0.1) is 6.92 Å². The van der Waals surface area contributed by atoms with E-state index < -0.39 is 0 Å². The Kier molecular flexibility index (Phi) is 2.21. The molecule has 0 aromatic carbocycles. The van der Waals surface area contributed by atoms with E-state index in [0.717, 1.165) is 10.3 Å². The van der Waals surface area contributed by atoms with Gasteiger partial charge in [0.25, 0.3) is 0 Å². The summed E-state index contributed by atoms with van der Waals surface area (Å²) >= 11 is 3.23. The van der Waals surface area contributed by atoms with Crippen molar-refractivity contribution in [3.8, 4) is 5.88 Å². The Balaban J connectivity index is 3.04. The van der Waals surface area contributed by atoms with Gasteiger partial charge in [-0.05, 0) is 22.9 Å². The minimum Gasteiger partial charge on any atom is -0.480 e. The van der Waals surface area contributed by atoms with Gasteiger partial charge in [0.05, 0.1) is 19.0 Å². The van der Waals surface area contributed by atoms with Gasteiger partial charge in [-0.2, -0.15) is 0 Å². The van der Waals surface area contributed by atoms with Gasteiger partial charge in [-0.15, -0.1) is 0 Å². The molecule has 0 fully saturated rings. The van der Waals surface area contributed by atoms with Crippen molar-refractivity contribution in [3.05, 3.63) is 16.5 Å². The normalized spacial score (nSPS) is 9.50. The molecule has 0 unspecified atom stereocenters. The predicted molar refractivity (Wildman–Crippen MR) is 41.0 cm³/mol. The number of hydrogen-bond acceptors (Lipinski definition) is 3. The Morgan fingerprint density at radius 1 is 1.60 bits per heavy atom. The molecule has 0 saturated heterocycles. The zero-order valence-corrected chi connectivity index (χ0v) is 7.34. The first kappa shape index (κ1) is 7.47. The number of hydrogen-bond donors (Lipinski definition) is 0. The number of aryl methyl sites for hydroxylation is 1. The lowest BCUT2D eigenvalue weighted by atomic mass is 10.5. The van der Waals surface area contributed by atoms with Crippen LogP contribution < -0.4 is 4.74 Å². The van der Waals surface area contributed by atoms with Gasteiger partial charge in [0, 0.05) is 0 Å². The van der Waals surface area contributed by atoms with Crippen molar-refractivity contribution in [3.63, 3.8) is 0 Å². The number of ether oxygens (including phenoxy) is 1. The average molecular weight is 203 g/mol. The molecule has 1 heterocycles. The zero-order valence-electron chi connectivity index (χ0n) is 5.76. The van der Waals surface area contributed by atoms with Gasteiger partial charge in [-0.1, -0.05) is 0 Å². The monoisotopic (exact) mass is 202 g/mol. The molecule has 0 aliphatic heterocycles. The van der Waals surface area contributed by atoms with Crippen LogP contribution in [0.1, 0.15) is 5.69 Å². The molecule has 0 N–H and O–H groups in total. The standard InChI is InChI=1S/C6H7BrN2O/c1-4-6(7)8-3-5(9-4)10-2/h3H,1-2H3. The second-order valence-corrected chi connectivity index (χ2v) is 2.54. The molecule has 10 heavy (non-hydrogen) atoms. The Hall–Kier alpha value is -0.640. The molecule has 3 nitrogen and oxygen atoms in total. The minimum absolute atomic E-state index is 0.542. The fraction of sp³-hybridized carbons (Fsp3) is 0.333. The lowest BCUT2D eigenvalue weighted by Gasteiger charge is -1.99. The van der Waals surface area contributed by atoms with Crippen LogP contribution >= 0.6 is 15.9 Å². The molecule has 0 aliphatic carbocycles. The minimum atomic E-state index is 0.542. The van der Waals surface area contributed by atoms with Crippen LogP contribution in [0.2, 0.25) is 0 Å². The first-order valence-electron chi connectivity index (χ1n) is 2.77. The number of rotatable bonds is 1. The molecule has 0 bridgehead atoms. The molecule has 54 valence electrons. The van der Waals surface area contributed by atoms with E-state index in [-0.39, 0.29) is 0 Å². The second kappa shape index (κ2) is 2.96. The third-order valence-corrected chi connectivity index (χ3v) is 1.85. The Bertz CT molecular complexity index is 239. The predicted octanol–water partition coefficient (Wildman–Crippen LogP) is 1.56. The van der Waals surface area contributed by atoms with Gasteiger partial charge >= 0.3 is 0 Å². The fourth-order valence-electron chi connectivity index (χ4n) is 0.544. The second-order valence-electron chi connectivity index (χ2n) is 1.79. The van der Waals surface area contributed by atoms with Crippen molar-refractivity contribution in [1.82, 2.24) is 9.97 Å².